The third kappa shape index (κ3) is 4.08. The fourth-order valence-corrected chi connectivity index (χ4v) is 1.41. The van der Waals surface area contributed by atoms with Crippen molar-refractivity contribution in [3.63, 3.8) is 0 Å². The largest absolute Gasteiger partial charge is 0.330 e. The molecule has 0 fully saturated rings. The Labute approximate surface area is 98.5 Å². The average molecular weight is 247 g/mol. The maximum Gasteiger partial charge on any atom is 0.224 e. The summed E-state index contributed by atoms with van der Waals surface area (Å²) in [6.45, 7) is 0.497. The fourth-order valence-electron chi connectivity index (χ4n) is 1.07. The number of nitrogens with two attached hydrogens (primary N) is 1. The van der Waals surface area contributed by atoms with E-state index in [4.69, 9.17) is 28.9 Å². The van der Waals surface area contributed by atoms with Gasteiger partial charge in [-0.3, -0.25) is 4.79 Å². The Morgan fingerprint density at radius 3 is 2.80 bits per heavy atom. The summed E-state index contributed by atoms with van der Waals surface area (Å²) in [6.07, 6.45) is 1.05. The smallest absolute Gasteiger partial charge is 0.224 e. The highest BCUT2D eigenvalue weighted by molar-refractivity contribution is 6.35. The summed E-state index contributed by atoms with van der Waals surface area (Å²) >= 11 is 11.7. The molecule has 1 amide bonds. The predicted octanol–water partition coefficient (Wildman–Crippen LogP) is 2.67. The first-order valence-corrected chi connectivity index (χ1v) is 5.34. The molecule has 0 spiro atoms. The minimum absolute atomic E-state index is 0.107. The van der Waals surface area contributed by atoms with Crippen LogP contribution >= 0.6 is 23.2 Å². The summed E-state index contributed by atoms with van der Waals surface area (Å²) in [5, 5.41) is 3.68. The highest BCUT2D eigenvalue weighted by atomic mass is 35.5. The van der Waals surface area contributed by atoms with Crippen LogP contribution in [0.1, 0.15) is 12.8 Å². The van der Waals surface area contributed by atoms with Gasteiger partial charge in [-0.1, -0.05) is 23.2 Å². The van der Waals surface area contributed by atoms with E-state index in [1.807, 2.05) is 0 Å². The first kappa shape index (κ1) is 12.3. The highest BCUT2D eigenvalue weighted by Gasteiger charge is 2.05. The van der Waals surface area contributed by atoms with Gasteiger partial charge in [0.1, 0.15) is 0 Å². The molecule has 0 bridgehead atoms. The second-order valence-electron chi connectivity index (χ2n) is 3.06. The van der Waals surface area contributed by atoms with Crippen LogP contribution in [0.25, 0.3) is 0 Å². The molecule has 5 heteroatoms. The molecule has 1 aromatic carbocycles. The van der Waals surface area contributed by atoms with Gasteiger partial charge in [-0.05, 0) is 31.2 Å². The number of hydrogen-bond acceptors (Lipinski definition) is 2. The Kier molecular flexibility index (Phi) is 4.88. The Bertz CT molecular complexity index is 355. The van der Waals surface area contributed by atoms with Gasteiger partial charge < -0.3 is 11.1 Å². The van der Waals surface area contributed by atoms with Crippen LogP contribution < -0.4 is 11.1 Å². The molecule has 0 radical (unpaired) electrons. The number of halogens is 2. The lowest BCUT2D eigenvalue weighted by Gasteiger charge is -2.06. The second-order valence-corrected chi connectivity index (χ2v) is 3.91. The number of benzene rings is 1. The summed E-state index contributed by atoms with van der Waals surface area (Å²) in [7, 11) is 0. The van der Waals surface area contributed by atoms with Gasteiger partial charge in [0.05, 0.1) is 10.7 Å². The third-order valence-corrected chi connectivity index (χ3v) is 2.38. The first-order chi connectivity index (χ1) is 7.13. The van der Waals surface area contributed by atoms with E-state index in [9.17, 15) is 4.79 Å². The van der Waals surface area contributed by atoms with Crippen molar-refractivity contribution in [1.29, 1.82) is 0 Å². The first-order valence-electron chi connectivity index (χ1n) is 4.58. The van der Waals surface area contributed by atoms with Crippen molar-refractivity contribution in [3.8, 4) is 0 Å². The number of carbonyl (C=O) groups excluding carboxylic acids is 1. The van der Waals surface area contributed by atoms with Crippen LogP contribution in [0.15, 0.2) is 18.2 Å². The molecule has 1 aromatic rings. The molecule has 3 N–H and O–H groups in total. The molecule has 15 heavy (non-hydrogen) atoms. The summed E-state index contributed by atoms with van der Waals surface area (Å²) in [6, 6.07) is 4.92. The van der Waals surface area contributed by atoms with Crippen molar-refractivity contribution in [2.75, 3.05) is 11.9 Å². The molecule has 1 rings (SSSR count). The van der Waals surface area contributed by atoms with E-state index in [-0.39, 0.29) is 5.91 Å². The number of nitrogens with one attached hydrogen (secondary N) is 1. The molecule has 0 aliphatic rings. The summed E-state index contributed by atoms with van der Waals surface area (Å²) in [5.74, 6) is -0.107. The van der Waals surface area contributed by atoms with Crippen LogP contribution in [0.3, 0.4) is 0 Å². The van der Waals surface area contributed by atoms with Crippen molar-refractivity contribution in [3.05, 3.63) is 28.2 Å². The van der Waals surface area contributed by atoms with E-state index in [0.29, 0.717) is 35.1 Å². The molecule has 0 saturated heterocycles. The van der Waals surface area contributed by atoms with E-state index >= 15 is 0 Å². The van der Waals surface area contributed by atoms with Crippen LogP contribution in [0, 0.1) is 0 Å². The minimum atomic E-state index is -0.107. The molecule has 0 aliphatic carbocycles. The molecule has 0 saturated carbocycles. The lowest BCUT2D eigenvalue weighted by Crippen LogP contribution is -2.13. The summed E-state index contributed by atoms with van der Waals surface area (Å²) in [4.78, 5) is 11.4. The van der Waals surface area contributed by atoms with E-state index in [2.05, 4.69) is 5.32 Å². The maximum absolute atomic E-state index is 11.4. The maximum atomic E-state index is 11.4. The number of hydrogen-bond donors (Lipinski definition) is 2. The molecule has 0 aliphatic heterocycles. The summed E-state index contributed by atoms with van der Waals surface area (Å²) < 4.78 is 0. The number of carbonyl (C=O) groups is 1. The predicted molar refractivity (Wildman–Crippen MR) is 63.4 cm³/mol. The molecular weight excluding hydrogens is 235 g/mol. The zero-order chi connectivity index (χ0) is 11.3. The van der Waals surface area contributed by atoms with Gasteiger partial charge in [0.15, 0.2) is 0 Å². The van der Waals surface area contributed by atoms with Crippen LogP contribution in [-0.2, 0) is 4.79 Å². The van der Waals surface area contributed by atoms with Crippen molar-refractivity contribution in [2.24, 2.45) is 5.73 Å². The molecule has 0 atom stereocenters. The Balaban J connectivity index is 2.63. The standard InChI is InChI=1S/C10H12Cl2N2O/c11-7-3-4-8(12)9(6-7)14-10(15)2-1-5-13/h3-4,6H,1-2,5,13H2,(H,14,15). The lowest BCUT2D eigenvalue weighted by atomic mass is 10.2. The van der Waals surface area contributed by atoms with E-state index in [1.54, 1.807) is 18.2 Å². The molecule has 0 aromatic heterocycles. The zero-order valence-corrected chi connectivity index (χ0v) is 9.61. The molecular formula is C10H12Cl2N2O. The van der Waals surface area contributed by atoms with E-state index in [0.717, 1.165) is 0 Å². The minimum Gasteiger partial charge on any atom is -0.330 e. The normalized spacial score (nSPS) is 10.1. The Morgan fingerprint density at radius 1 is 1.40 bits per heavy atom. The van der Waals surface area contributed by atoms with Crippen LogP contribution in [0.5, 0.6) is 0 Å². The molecule has 3 nitrogen and oxygen atoms in total. The van der Waals surface area contributed by atoms with Crippen molar-refractivity contribution in [1.82, 2.24) is 0 Å². The van der Waals surface area contributed by atoms with Gasteiger partial charge in [0.25, 0.3) is 0 Å². The molecule has 82 valence electrons. The molecule has 0 heterocycles. The molecule has 0 unspecified atom stereocenters. The SMILES string of the molecule is NCCCC(=O)Nc1cc(Cl)ccc1Cl. The summed E-state index contributed by atoms with van der Waals surface area (Å²) in [5.41, 5.74) is 5.83. The lowest BCUT2D eigenvalue weighted by molar-refractivity contribution is -0.116. The Morgan fingerprint density at radius 2 is 2.13 bits per heavy atom. The van der Waals surface area contributed by atoms with Crippen LogP contribution in [0.4, 0.5) is 5.69 Å². The van der Waals surface area contributed by atoms with E-state index < -0.39 is 0 Å². The average Bonchev–Trinajstić information content (AvgIpc) is 2.20. The van der Waals surface area contributed by atoms with Gasteiger partial charge >= 0.3 is 0 Å². The van der Waals surface area contributed by atoms with Crippen LogP contribution in [0.2, 0.25) is 10.0 Å². The van der Waals surface area contributed by atoms with Crippen molar-refractivity contribution >= 4 is 34.8 Å². The second kappa shape index (κ2) is 5.95. The monoisotopic (exact) mass is 246 g/mol. The van der Waals surface area contributed by atoms with Gasteiger partial charge in [-0.2, -0.15) is 0 Å². The number of rotatable bonds is 4. The quantitative estimate of drug-likeness (QED) is 0.859. The van der Waals surface area contributed by atoms with Gasteiger partial charge in [0, 0.05) is 11.4 Å². The number of anilines is 1. The van der Waals surface area contributed by atoms with Crippen molar-refractivity contribution in [2.45, 2.75) is 12.8 Å². The zero-order valence-electron chi connectivity index (χ0n) is 8.09. The van der Waals surface area contributed by atoms with E-state index in [1.165, 1.54) is 0 Å². The van der Waals surface area contributed by atoms with Gasteiger partial charge in [0.2, 0.25) is 5.91 Å². The third-order valence-electron chi connectivity index (χ3n) is 1.81. The van der Waals surface area contributed by atoms with Crippen LogP contribution in [-0.4, -0.2) is 12.5 Å². The topological polar surface area (TPSA) is 55.1 Å². The highest BCUT2D eigenvalue weighted by Crippen LogP contribution is 2.25. The number of amides is 1. The Hall–Kier alpha value is -0.770. The van der Waals surface area contributed by atoms with Gasteiger partial charge in [-0.25, -0.2) is 0 Å². The van der Waals surface area contributed by atoms with Gasteiger partial charge in [-0.15, -0.1) is 0 Å². The fraction of sp³-hybridized carbons (Fsp3) is 0.300. The van der Waals surface area contributed by atoms with Crippen molar-refractivity contribution < 1.29 is 4.79 Å².